The molecular formula is C19H28N2. The standard InChI is InChI=1S/C19H28N2/c1-4-13-20-19(15(5-2)6-3)14-17-12-11-16-9-7-8-10-18(16)21-17/h7-12,15,19-20H,4-6,13-14H2,1-3H3. The highest BCUT2D eigenvalue weighted by atomic mass is 14.9. The van der Waals surface area contributed by atoms with E-state index in [-0.39, 0.29) is 0 Å². The lowest BCUT2D eigenvalue weighted by Gasteiger charge is -2.26. The zero-order valence-electron chi connectivity index (χ0n) is 13.6. The minimum Gasteiger partial charge on any atom is -0.313 e. The van der Waals surface area contributed by atoms with Crippen molar-refractivity contribution in [1.82, 2.24) is 10.3 Å². The first-order valence-electron chi connectivity index (χ1n) is 8.36. The van der Waals surface area contributed by atoms with Gasteiger partial charge in [-0.2, -0.15) is 0 Å². The predicted octanol–water partition coefficient (Wildman–Crippen LogP) is 4.58. The third-order valence-electron chi connectivity index (χ3n) is 4.36. The third-order valence-corrected chi connectivity index (χ3v) is 4.36. The van der Waals surface area contributed by atoms with Crippen LogP contribution in [-0.2, 0) is 6.42 Å². The van der Waals surface area contributed by atoms with E-state index >= 15 is 0 Å². The Labute approximate surface area is 129 Å². The van der Waals surface area contributed by atoms with Gasteiger partial charge in [0.15, 0.2) is 0 Å². The molecule has 2 nitrogen and oxygen atoms in total. The van der Waals surface area contributed by atoms with Gasteiger partial charge in [0.25, 0.3) is 0 Å². The molecule has 0 amide bonds. The fourth-order valence-corrected chi connectivity index (χ4v) is 3.04. The summed E-state index contributed by atoms with van der Waals surface area (Å²) in [5.41, 5.74) is 2.31. The molecule has 0 aliphatic heterocycles. The van der Waals surface area contributed by atoms with Crippen LogP contribution in [0.1, 0.15) is 45.7 Å². The second-order valence-electron chi connectivity index (χ2n) is 5.84. The Morgan fingerprint density at radius 3 is 2.48 bits per heavy atom. The molecule has 1 atom stereocenters. The van der Waals surface area contributed by atoms with E-state index < -0.39 is 0 Å². The highest BCUT2D eigenvalue weighted by Crippen LogP contribution is 2.19. The molecule has 1 N–H and O–H groups in total. The average molecular weight is 284 g/mol. The van der Waals surface area contributed by atoms with Gasteiger partial charge in [-0.05, 0) is 31.0 Å². The highest BCUT2D eigenvalue weighted by Gasteiger charge is 2.18. The minimum atomic E-state index is 0.536. The van der Waals surface area contributed by atoms with E-state index in [4.69, 9.17) is 4.98 Å². The monoisotopic (exact) mass is 284 g/mol. The highest BCUT2D eigenvalue weighted by molar-refractivity contribution is 5.78. The number of hydrogen-bond donors (Lipinski definition) is 1. The Bertz CT molecular complexity index is 546. The van der Waals surface area contributed by atoms with Crippen molar-refractivity contribution < 1.29 is 0 Å². The molecule has 2 rings (SSSR count). The average Bonchev–Trinajstić information content (AvgIpc) is 2.53. The number of rotatable bonds is 8. The van der Waals surface area contributed by atoms with Gasteiger partial charge in [0.2, 0.25) is 0 Å². The molecule has 0 spiro atoms. The Hall–Kier alpha value is -1.41. The van der Waals surface area contributed by atoms with Crippen molar-refractivity contribution in [3.05, 3.63) is 42.1 Å². The van der Waals surface area contributed by atoms with Gasteiger partial charge in [0.1, 0.15) is 0 Å². The second-order valence-corrected chi connectivity index (χ2v) is 5.84. The lowest BCUT2D eigenvalue weighted by Crippen LogP contribution is -2.38. The molecule has 0 radical (unpaired) electrons. The summed E-state index contributed by atoms with van der Waals surface area (Å²) in [5.74, 6) is 0.727. The molecule has 0 saturated carbocycles. The van der Waals surface area contributed by atoms with Crippen molar-refractivity contribution in [1.29, 1.82) is 0 Å². The second kappa shape index (κ2) is 8.14. The zero-order chi connectivity index (χ0) is 15.1. The number of nitrogens with one attached hydrogen (secondary N) is 1. The number of pyridine rings is 1. The molecule has 1 unspecified atom stereocenters. The van der Waals surface area contributed by atoms with Gasteiger partial charge in [-0.15, -0.1) is 0 Å². The van der Waals surface area contributed by atoms with Gasteiger partial charge in [-0.3, -0.25) is 4.98 Å². The van der Waals surface area contributed by atoms with Crippen molar-refractivity contribution >= 4 is 10.9 Å². The Morgan fingerprint density at radius 2 is 1.76 bits per heavy atom. The number of benzene rings is 1. The SMILES string of the molecule is CCCNC(Cc1ccc2ccccc2n1)C(CC)CC. The molecule has 0 aliphatic carbocycles. The Balaban J connectivity index is 2.16. The lowest BCUT2D eigenvalue weighted by molar-refractivity contribution is 0.330. The molecule has 114 valence electrons. The molecule has 1 aromatic carbocycles. The van der Waals surface area contributed by atoms with Crippen LogP contribution in [0.4, 0.5) is 0 Å². The van der Waals surface area contributed by atoms with Gasteiger partial charge in [-0.1, -0.05) is 57.9 Å². The molecule has 2 heteroatoms. The normalized spacial score (nSPS) is 13.0. The topological polar surface area (TPSA) is 24.9 Å². The van der Waals surface area contributed by atoms with Crippen molar-refractivity contribution in [3.8, 4) is 0 Å². The summed E-state index contributed by atoms with van der Waals surface area (Å²) < 4.78 is 0. The summed E-state index contributed by atoms with van der Waals surface area (Å²) in [4.78, 5) is 4.83. The molecule has 0 fully saturated rings. The van der Waals surface area contributed by atoms with E-state index in [1.54, 1.807) is 0 Å². The summed E-state index contributed by atoms with van der Waals surface area (Å²) >= 11 is 0. The van der Waals surface area contributed by atoms with E-state index in [1.807, 2.05) is 0 Å². The summed E-state index contributed by atoms with van der Waals surface area (Å²) in [6, 6.07) is 13.3. The number of nitrogens with zero attached hydrogens (tertiary/aromatic N) is 1. The van der Waals surface area contributed by atoms with Crippen molar-refractivity contribution in [2.24, 2.45) is 5.92 Å². The first-order chi connectivity index (χ1) is 10.3. The zero-order valence-corrected chi connectivity index (χ0v) is 13.6. The van der Waals surface area contributed by atoms with Crippen molar-refractivity contribution in [2.75, 3.05) is 6.54 Å². The van der Waals surface area contributed by atoms with Crippen LogP contribution in [-0.4, -0.2) is 17.6 Å². The van der Waals surface area contributed by atoms with Crippen molar-refractivity contribution in [2.45, 2.75) is 52.5 Å². The molecule has 1 heterocycles. The van der Waals surface area contributed by atoms with Crippen LogP contribution in [0, 0.1) is 5.92 Å². The number of hydrogen-bond acceptors (Lipinski definition) is 2. The van der Waals surface area contributed by atoms with Crippen LogP contribution in [0.2, 0.25) is 0 Å². The van der Waals surface area contributed by atoms with Crippen LogP contribution in [0.25, 0.3) is 10.9 Å². The first-order valence-corrected chi connectivity index (χ1v) is 8.36. The van der Waals surface area contributed by atoms with E-state index in [1.165, 1.54) is 30.3 Å². The minimum absolute atomic E-state index is 0.536. The molecule has 0 saturated heterocycles. The van der Waals surface area contributed by atoms with Gasteiger partial charge in [-0.25, -0.2) is 0 Å². The number of aromatic nitrogens is 1. The van der Waals surface area contributed by atoms with Crippen LogP contribution in [0.3, 0.4) is 0 Å². The summed E-state index contributed by atoms with van der Waals surface area (Å²) in [7, 11) is 0. The van der Waals surface area contributed by atoms with Gasteiger partial charge >= 0.3 is 0 Å². The maximum atomic E-state index is 4.83. The smallest absolute Gasteiger partial charge is 0.0705 e. The van der Waals surface area contributed by atoms with E-state index in [0.29, 0.717) is 6.04 Å². The van der Waals surface area contributed by atoms with E-state index in [9.17, 15) is 0 Å². The lowest BCUT2D eigenvalue weighted by atomic mass is 9.90. The quantitative estimate of drug-likeness (QED) is 0.767. The predicted molar refractivity (Wildman–Crippen MR) is 91.6 cm³/mol. The molecule has 2 aromatic rings. The summed E-state index contributed by atoms with van der Waals surface area (Å²) in [6.07, 6.45) is 4.66. The van der Waals surface area contributed by atoms with Gasteiger partial charge in [0, 0.05) is 23.5 Å². The molecule has 0 bridgehead atoms. The molecule has 1 aromatic heterocycles. The Kier molecular flexibility index (Phi) is 6.19. The largest absolute Gasteiger partial charge is 0.313 e. The molecule has 21 heavy (non-hydrogen) atoms. The summed E-state index contributed by atoms with van der Waals surface area (Å²) in [5, 5.41) is 4.95. The van der Waals surface area contributed by atoms with E-state index in [0.717, 1.165) is 24.4 Å². The fourth-order valence-electron chi connectivity index (χ4n) is 3.04. The number of para-hydroxylation sites is 1. The van der Waals surface area contributed by atoms with E-state index in [2.05, 4.69) is 62.5 Å². The molecule has 0 aliphatic rings. The third kappa shape index (κ3) is 4.28. The van der Waals surface area contributed by atoms with Crippen LogP contribution >= 0.6 is 0 Å². The molecular weight excluding hydrogens is 256 g/mol. The van der Waals surface area contributed by atoms with Crippen LogP contribution in [0.5, 0.6) is 0 Å². The number of fused-ring (bicyclic) bond motifs is 1. The maximum absolute atomic E-state index is 4.83. The van der Waals surface area contributed by atoms with Crippen molar-refractivity contribution in [3.63, 3.8) is 0 Å². The van der Waals surface area contributed by atoms with Crippen LogP contribution in [0.15, 0.2) is 36.4 Å². The van der Waals surface area contributed by atoms with Gasteiger partial charge in [0.05, 0.1) is 5.52 Å². The maximum Gasteiger partial charge on any atom is 0.0705 e. The fraction of sp³-hybridized carbons (Fsp3) is 0.526. The Morgan fingerprint density at radius 1 is 1.00 bits per heavy atom. The van der Waals surface area contributed by atoms with Crippen LogP contribution < -0.4 is 5.32 Å². The first kappa shape index (κ1) is 16.0. The summed E-state index contributed by atoms with van der Waals surface area (Å²) in [6.45, 7) is 7.91. The van der Waals surface area contributed by atoms with Gasteiger partial charge < -0.3 is 5.32 Å².